The molecule has 0 spiro atoms. The van der Waals surface area contributed by atoms with Crippen LogP contribution in [-0.4, -0.2) is 65.8 Å². The maximum Gasteiger partial charge on any atom is 0.427 e. The number of hydrogen-bond donors (Lipinski definition) is 0. The van der Waals surface area contributed by atoms with Crippen LogP contribution in [0, 0.1) is 5.92 Å². The Bertz CT molecular complexity index is 902. The van der Waals surface area contributed by atoms with Gasteiger partial charge in [-0.05, 0) is 84.3 Å². The molecule has 0 N–H and O–H groups in total. The summed E-state index contributed by atoms with van der Waals surface area (Å²) in [7, 11) is 4.00. The molecule has 0 aliphatic carbocycles. The van der Waals surface area contributed by atoms with E-state index in [0.29, 0.717) is 10.7 Å². The highest BCUT2D eigenvalue weighted by molar-refractivity contribution is 8.13. The number of hydrogen-bond acceptors (Lipinski definition) is 7. The molecule has 1 rings (SSSR count). The van der Waals surface area contributed by atoms with Gasteiger partial charge in [-0.3, -0.25) is 4.79 Å². The summed E-state index contributed by atoms with van der Waals surface area (Å²) in [6, 6.07) is 0. The van der Waals surface area contributed by atoms with E-state index in [2.05, 4.69) is 25.7 Å². The van der Waals surface area contributed by atoms with E-state index in [1.165, 1.54) is 128 Å². The van der Waals surface area contributed by atoms with Crippen LogP contribution in [0.15, 0.2) is 0 Å². The Balaban J connectivity index is 3.10. The minimum Gasteiger partial charge on any atom is -0.445 e. The minimum atomic E-state index is -0.851. The molecule has 54 heavy (non-hydrogen) atoms. The van der Waals surface area contributed by atoms with Crippen molar-refractivity contribution >= 4 is 29.2 Å². The topological polar surface area (TPSA) is 76.2 Å². The Labute approximate surface area is 339 Å². The molecule has 7 nitrogen and oxygen atoms in total. The predicted molar refractivity (Wildman–Crippen MR) is 232 cm³/mol. The van der Waals surface area contributed by atoms with E-state index >= 15 is 0 Å². The van der Waals surface area contributed by atoms with Gasteiger partial charge in [-0.2, -0.15) is 0 Å². The fourth-order valence-electron chi connectivity index (χ4n) is 7.69. The van der Waals surface area contributed by atoms with Crippen LogP contribution in [-0.2, 0) is 9.47 Å². The Morgan fingerprint density at radius 2 is 0.944 bits per heavy atom. The molecule has 3 amide bonds. The summed E-state index contributed by atoms with van der Waals surface area (Å²) in [5.41, 5.74) is 0. The highest BCUT2D eigenvalue weighted by Gasteiger charge is 2.35. The molecule has 0 bridgehead atoms. The molecular formula is C46H88N2O5S. The first-order valence-corrected chi connectivity index (χ1v) is 24.3. The van der Waals surface area contributed by atoms with Crippen molar-refractivity contribution in [3.63, 3.8) is 0 Å². The van der Waals surface area contributed by atoms with E-state index in [1.807, 2.05) is 14.1 Å². The molecule has 0 saturated carbocycles. The third-order valence-corrected chi connectivity index (χ3v) is 12.2. The first-order valence-electron chi connectivity index (χ1n) is 23.3. The van der Waals surface area contributed by atoms with E-state index in [9.17, 15) is 14.4 Å². The number of carbonyl (C=O) groups excluding carboxylic acids is 3. The van der Waals surface area contributed by atoms with Crippen molar-refractivity contribution < 1.29 is 23.9 Å². The summed E-state index contributed by atoms with van der Waals surface area (Å²) in [5, 5.41) is -0.580. The van der Waals surface area contributed by atoms with Gasteiger partial charge in [0.15, 0.2) is 0 Å². The Kier molecular flexibility index (Phi) is 33.9. The second-order valence-electron chi connectivity index (χ2n) is 16.9. The lowest BCUT2D eigenvalue weighted by atomic mass is 9.95. The lowest BCUT2D eigenvalue weighted by molar-refractivity contribution is 0.0394. The van der Waals surface area contributed by atoms with Crippen molar-refractivity contribution in [2.75, 3.05) is 26.4 Å². The number of imide groups is 3. The van der Waals surface area contributed by atoms with Crippen LogP contribution in [0.5, 0.6) is 0 Å². The number of cyclic esters (lactones) is 2. The van der Waals surface area contributed by atoms with Crippen LogP contribution in [0.4, 0.5) is 14.4 Å². The molecular weight excluding hydrogens is 693 g/mol. The molecule has 318 valence electrons. The van der Waals surface area contributed by atoms with Crippen LogP contribution < -0.4 is 0 Å². The van der Waals surface area contributed by atoms with Crippen molar-refractivity contribution in [2.45, 2.75) is 245 Å². The molecule has 0 aromatic carbocycles. The molecule has 3 atom stereocenters. The van der Waals surface area contributed by atoms with E-state index < -0.39 is 17.4 Å². The quantitative estimate of drug-likeness (QED) is 0.107. The van der Waals surface area contributed by atoms with Gasteiger partial charge in [0.25, 0.3) is 0 Å². The van der Waals surface area contributed by atoms with Gasteiger partial charge in [0, 0.05) is 5.75 Å². The van der Waals surface area contributed by atoms with Gasteiger partial charge in [-0.25, -0.2) is 9.59 Å². The summed E-state index contributed by atoms with van der Waals surface area (Å²) in [5.74, 6) is 1.33. The average Bonchev–Trinajstić information content (AvgIpc) is 3.14. The largest absolute Gasteiger partial charge is 0.445 e. The van der Waals surface area contributed by atoms with Crippen molar-refractivity contribution in [1.82, 2.24) is 9.80 Å². The number of carbonyl (C=O) groups is 3. The van der Waals surface area contributed by atoms with Gasteiger partial charge in [0.1, 0.15) is 12.2 Å². The second-order valence-corrected chi connectivity index (χ2v) is 18.0. The van der Waals surface area contributed by atoms with Gasteiger partial charge < -0.3 is 14.4 Å². The summed E-state index contributed by atoms with van der Waals surface area (Å²) in [4.78, 5) is 44.2. The Morgan fingerprint density at radius 3 is 1.35 bits per heavy atom. The highest BCUT2D eigenvalue weighted by Crippen LogP contribution is 2.24. The third kappa shape index (κ3) is 29.0. The number of unbranched alkanes of at least 4 members (excludes halogenated alkanes) is 13. The van der Waals surface area contributed by atoms with Crippen molar-refractivity contribution in [2.24, 2.45) is 5.92 Å². The number of ether oxygens (including phenoxy) is 2. The second kappa shape index (κ2) is 36.1. The minimum absolute atomic E-state index is 0.300. The predicted octanol–water partition coefficient (Wildman–Crippen LogP) is 15.3. The van der Waals surface area contributed by atoms with Crippen LogP contribution in [0.2, 0.25) is 0 Å². The molecule has 0 aromatic rings. The van der Waals surface area contributed by atoms with Gasteiger partial charge in [0.2, 0.25) is 0 Å². The van der Waals surface area contributed by atoms with Crippen LogP contribution in [0.1, 0.15) is 233 Å². The molecule has 8 heteroatoms. The SMILES string of the molecule is CCCCCCCCCCC1CCCCCCCC(C)CCCCCCCCC(CCCCCCCCC)OC(=O)N(C(=O)SCCCN(C)C)C(=O)O1. The van der Waals surface area contributed by atoms with Gasteiger partial charge >= 0.3 is 17.4 Å². The third-order valence-electron chi connectivity index (χ3n) is 11.3. The zero-order chi connectivity index (χ0) is 39.5. The fourth-order valence-corrected chi connectivity index (χ4v) is 8.42. The number of thioether (sulfide) groups is 1. The number of amides is 3. The number of rotatable bonds is 21. The summed E-state index contributed by atoms with van der Waals surface area (Å²) in [6.07, 6.45) is 35.3. The highest BCUT2D eigenvalue weighted by atomic mass is 32.2. The Hall–Kier alpha value is -1.28. The van der Waals surface area contributed by atoms with Gasteiger partial charge in [-0.15, -0.1) is 4.90 Å². The molecule has 1 aliphatic rings. The summed E-state index contributed by atoms with van der Waals surface area (Å²) in [6.45, 7) is 7.74. The van der Waals surface area contributed by atoms with E-state index in [-0.39, 0.29) is 12.2 Å². The Morgan fingerprint density at radius 1 is 0.574 bits per heavy atom. The first kappa shape index (κ1) is 50.7. The summed E-state index contributed by atoms with van der Waals surface area (Å²) >= 11 is 1.02. The van der Waals surface area contributed by atoms with E-state index in [4.69, 9.17) is 9.47 Å². The van der Waals surface area contributed by atoms with Crippen molar-refractivity contribution in [1.29, 1.82) is 0 Å². The smallest absolute Gasteiger partial charge is 0.427 e. The fraction of sp³-hybridized carbons (Fsp3) is 0.935. The zero-order valence-electron chi connectivity index (χ0n) is 36.3. The van der Waals surface area contributed by atoms with Crippen LogP contribution in [0.3, 0.4) is 0 Å². The molecule has 0 aromatic heterocycles. The number of nitrogens with zero attached hydrogens (tertiary/aromatic N) is 2. The lowest BCUT2D eigenvalue weighted by Crippen LogP contribution is -2.43. The van der Waals surface area contributed by atoms with Crippen molar-refractivity contribution in [3.8, 4) is 0 Å². The van der Waals surface area contributed by atoms with Gasteiger partial charge in [-0.1, -0.05) is 187 Å². The molecule has 0 radical (unpaired) electrons. The summed E-state index contributed by atoms with van der Waals surface area (Å²) < 4.78 is 12.2. The van der Waals surface area contributed by atoms with Gasteiger partial charge in [0.05, 0.1) is 0 Å². The van der Waals surface area contributed by atoms with Crippen LogP contribution >= 0.6 is 11.8 Å². The van der Waals surface area contributed by atoms with Crippen LogP contribution in [0.25, 0.3) is 0 Å². The molecule has 3 unspecified atom stereocenters. The van der Waals surface area contributed by atoms with E-state index in [1.54, 1.807) is 0 Å². The lowest BCUT2D eigenvalue weighted by Gasteiger charge is -2.25. The molecule has 1 saturated heterocycles. The zero-order valence-corrected chi connectivity index (χ0v) is 37.1. The monoisotopic (exact) mass is 781 g/mol. The normalized spacial score (nSPS) is 21.1. The van der Waals surface area contributed by atoms with Crippen molar-refractivity contribution in [3.05, 3.63) is 0 Å². The maximum absolute atomic E-state index is 13.9. The molecule has 1 fully saturated rings. The first-order chi connectivity index (χ1) is 26.3. The van der Waals surface area contributed by atoms with E-state index in [0.717, 1.165) is 108 Å². The molecule has 1 heterocycles. The molecule has 1 aliphatic heterocycles. The average molecular weight is 781 g/mol. The maximum atomic E-state index is 13.9. The standard InChI is InChI=1S/C46H88N2O5S/c1-6-8-10-12-14-16-23-29-36-43-38-31-25-19-21-27-34-41(3)33-26-20-17-18-24-30-37-42(35-28-22-15-13-11-9-7-2)52-44(49)48(45(50)53-43)46(51)54-40-32-39-47(4)5/h41-43H,6-40H2,1-5H3.